The van der Waals surface area contributed by atoms with Crippen LogP contribution < -0.4 is 5.32 Å². The summed E-state index contributed by atoms with van der Waals surface area (Å²) >= 11 is 6.42. The number of alkyl halides is 2. The van der Waals surface area contributed by atoms with E-state index in [2.05, 4.69) is 49.0 Å². The average Bonchev–Trinajstić information content (AvgIpc) is 2.10. The van der Waals surface area contributed by atoms with E-state index in [0.717, 1.165) is 0 Å². The van der Waals surface area contributed by atoms with Crippen molar-refractivity contribution in [3.8, 4) is 11.8 Å². The van der Waals surface area contributed by atoms with Gasteiger partial charge < -0.3 is 5.32 Å². The summed E-state index contributed by atoms with van der Waals surface area (Å²) < 4.78 is 0. The molecule has 0 bridgehead atoms. The number of hydrogen-bond acceptors (Lipinski definition) is 1. The highest BCUT2D eigenvalue weighted by atomic mass is 79.9. The van der Waals surface area contributed by atoms with E-state index in [0.29, 0.717) is 17.8 Å². The van der Waals surface area contributed by atoms with Crippen LogP contribution >= 0.6 is 31.9 Å². The van der Waals surface area contributed by atoms with Gasteiger partial charge in [0.15, 0.2) is 0 Å². The highest BCUT2D eigenvalue weighted by molar-refractivity contribution is 9.12. The number of hydrogen-bond donors (Lipinski definition) is 1. The fourth-order valence-electron chi connectivity index (χ4n) is 0.567. The third-order valence-electron chi connectivity index (χ3n) is 1.16. The molecule has 1 atom stereocenters. The molecule has 2 nitrogen and oxygen atoms in total. The Morgan fingerprint density at radius 3 is 2.62 bits per heavy atom. The van der Waals surface area contributed by atoms with Gasteiger partial charge in [-0.15, -0.1) is 0 Å². The molecule has 0 fully saturated rings. The molecule has 1 N–H and O–H groups in total. The number of nitrogens with one attached hydrogen (secondary N) is 1. The van der Waals surface area contributed by atoms with Crippen molar-refractivity contribution in [1.29, 1.82) is 0 Å². The summed E-state index contributed by atoms with van der Waals surface area (Å²) in [5.41, 5.74) is 0. The van der Waals surface area contributed by atoms with Crippen LogP contribution in [0, 0.1) is 17.8 Å². The predicted octanol–water partition coefficient (Wildman–Crippen LogP) is 1.92. The van der Waals surface area contributed by atoms with E-state index in [4.69, 9.17) is 0 Å². The number of rotatable bonds is 3. The molecule has 0 spiro atoms. The molecule has 0 radical (unpaired) electrons. The number of halogens is 2. The Morgan fingerprint density at radius 1 is 1.54 bits per heavy atom. The maximum Gasteiger partial charge on any atom is 0.235 e. The maximum atomic E-state index is 11.2. The smallest absolute Gasteiger partial charge is 0.235 e. The predicted molar refractivity (Wildman–Crippen MR) is 62.1 cm³/mol. The summed E-state index contributed by atoms with van der Waals surface area (Å²) in [6, 6.07) is 0. The van der Waals surface area contributed by atoms with Crippen LogP contribution in [0.4, 0.5) is 0 Å². The highest BCUT2D eigenvalue weighted by Gasteiger charge is 2.10. The van der Waals surface area contributed by atoms with Gasteiger partial charge in [-0.25, -0.2) is 0 Å². The lowest BCUT2D eigenvalue weighted by atomic mass is 10.2. The Hall–Kier alpha value is -0.0100. The van der Waals surface area contributed by atoms with Crippen molar-refractivity contribution < 1.29 is 4.79 Å². The first-order valence-electron chi connectivity index (χ1n) is 4.04. The normalized spacial score (nSPS) is 11.8. The molecule has 1 amide bonds. The molecule has 0 saturated carbocycles. The summed E-state index contributed by atoms with van der Waals surface area (Å²) in [5.74, 6) is 6.16. The number of carbonyl (C=O) groups excluding carboxylic acids is 1. The van der Waals surface area contributed by atoms with Crippen LogP contribution in [0.25, 0.3) is 0 Å². The standard InChI is InChI=1S/C9H13Br2NO/c1-7(2)4-3-5-12-9(13)8(11)6-10/h7-8H,5-6H2,1-2H3,(H,12,13). The minimum absolute atomic E-state index is 0.0325. The van der Waals surface area contributed by atoms with Gasteiger partial charge in [0.05, 0.1) is 6.54 Å². The van der Waals surface area contributed by atoms with E-state index >= 15 is 0 Å². The van der Waals surface area contributed by atoms with Gasteiger partial charge in [-0.3, -0.25) is 4.79 Å². The van der Waals surface area contributed by atoms with Gasteiger partial charge in [0, 0.05) is 11.2 Å². The third kappa shape index (κ3) is 7.09. The first kappa shape index (κ1) is 13.0. The van der Waals surface area contributed by atoms with Crippen molar-refractivity contribution in [2.45, 2.75) is 18.7 Å². The summed E-state index contributed by atoms with van der Waals surface area (Å²) in [4.78, 5) is 11.0. The maximum absolute atomic E-state index is 11.2. The Labute approximate surface area is 96.1 Å². The van der Waals surface area contributed by atoms with Crippen LogP contribution in [0.3, 0.4) is 0 Å². The van der Waals surface area contributed by atoms with Gasteiger partial charge in [0.1, 0.15) is 4.83 Å². The van der Waals surface area contributed by atoms with Crippen LogP contribution in [-0.2, 0) is 4.79 Å². The average molecular weight is 311 g/mol. The Bertz CT molecular complexity index is 217. The monoisotopic (exact) mass is 309 g/mol. The Morgan fingerprint density at radius 2 is 2.15 bits per heavy atom. The molecule has 0 heterocycles. The van der Waals surface area contributed by atoms with E-state index < -0.39 is 0 Å². The topological polar surface area (TPSA) is 29.1 Å². The summed E-state index contributed by atoms with van der Waals surface area (Å²) in [7, 11) is 0. The first-order valence-corrected chi connectivity index (χ1v) is 6.07. The summed E-state index contributed by atoms with van der Waals surface area (Å²) in [6.45, 7) is 4.45. The second-order valence-corrected chi connectivity index (χ2v) is 4.57. The van der Waals surface area contributed by atoms with E-state index in [1.165, 1.54) is 0 Å². The molecule has 0 aromatic rings. The molecule has 0 aromatic heterocycles. The van der Waals surface area contributed by atoms with Gasteiger partial charge in [0.2, 0.25) is 5.91 Å². The van der Waals surface area contributed by atoms with Crippen LogP contribution in [0.5, 0.6) is 0 Å². The molecule has 0 aliphatic rings. The molecule has 0 aliphatic carbocycles. The quantitative estimate of drug-likeness (QED) is 0.626. The zero-order chi connectivity index (χ0) is 10.3. The van der Waals surface area contributed by atoms with E-state index in [1.54, 1.807) is 0 Å². The van der Waals surface area contributed by atoms with Gasteiger partial charge >= 0.3 is 0 Å². The lowest BCUT2D eigenvalue weighted by Gasteiger charge is -2.04. The molecule has 4 heteroatoms. The molecule has 74 valence electrons. The largest absolute Gasteiger partial charge is 0.344 e. The highest BCUT2D eigenvalue weighted by Crippen LogP contribution is 2.02. The Balaban J connectivity index is 3.67. The van der Waals surface area contributed by atoms with Crippen molar-refractivity contribution in [2.24, 2.45) is 5.92 Å². The number of amides is 1. The van der Waals surface area contributed by atoms with E-state index in [1.807, 2.05) is 13.8 Å². The van der Waals surface area contributed by atoms with Crippen molar-refractivity contribution in [2.75, 3.05) is 11.9 Å². The summed E-state index contributed by atoms with van der Waals surface area (Å²) in [5, 5.41) is 3.31. The summed E-state index contributed by atoms with van der Waals surface area (Å²) in [6.07, 6.45) is 0. The zero-order valence-electron chi connectivity index (χ0n) is 7.73. The molecule has 0 aromatic carbocycles. The zero-order valence-corrected chi connectivity index (χ0v) is 10.9. The van der Waals surface area contributed by atoms with Crippen molar-refractivity contribution in [3.63, 3.8) is 0 Å². The molecule has 0 rings (SSSR count). The van der Waals surface area contributed by atoms with Crippen molar-refractivity contribution in [1.82, 2.24) is 5.32 Å². The lowest BCUT2D eigenvalue weighted by Crippen LogP contribution is -2.32. The third-order valence-corrected chi connectivity index (χ3v) is 3.42. The van der Waals surface area contributed by atoms with Gasteiger partial charge in [-0.05, 0) is 0 Å². The van der Waals surface area contributed by atoms with Gasteiger partial charge in [-0.2, -0.15) is 0 Å². The van der Waals surface area contributed by atoms with Crippen molar-refractivity contribution in [3.05, 3.63) is 0 Å². The van der Waals surface area contributed by atoms with E-state index in [-0.39, 0.29) is 10.7 Å². The van der Waals surface area contributed by atoms with Crippen LogP contribution in [0.15, 0.2) is 0 Å². The minimum atomic E-state index is -0.173. The molecule has 0 aliphatic heterocycles. The van der Waals surface area contributed by atoms with Crippen LogP contribution in [-0.4, -0.2) is 22.6 Å². The minimum Gasteiger partial charge on any atom is -0.344 e. The van der Waals surface area contributed by atoms with Gasteiger partial charge in [0.25, 0.3) is 0 Å². The fraction of sp³-hybridized carbons (Fsp3) is 0.667. The second kappa shape index (κ2) is 7.40. The SMILES string of the molecule is CC(C)C#CCNC(=O)C(Br)CBr. The van der Waals surface area contributed by atoms with E-state index in [9.17, 15) is 4.79 Å². The molecule has 13 heavy (non-hydrogen) atoms. The van der Waals surface area contributed by atoms with Crippen LogP contribution in [0.1, 0.15) is 13.8 Å². The second-order valence-electron chi connectivity index (χ2n) is 2.82. The first-order chi connectivity index (χ1) is 6.07. The fourth-order valence-corrected chi connectivity index (χ4v) is 1.02. The molecular weight excluding hydrogens is 298 g/mol. The molecule has 0 saturated heterocycles. The molecule has 1 unspecified atom stereocenters. The van der Waals surface area contributed by atoms with Crippen LogP contribution in [0.2, 0.25) is 0 Å². The number of carbonyl (C=O) groups is 1. The molecular formula is C9H13Br2NO. The Kier molecular flexibility index (Phi) is 7.39. The van der Waals surface area contributed by atoms with Gasteiger partial charge in [-0.1, -0.05) is 57.5 Å². The lowest BCUT2D eigenvalue weighted by molar-refractivity contribution is -0.119. The van der Waals surface area contributed by atoms with Crippen molar-refractivity contribution >= 4 is 37.8 Å².